The Hall–Kier alpha value is -7.40. The molecule has 0 bridgehead atoms. The molecule has 0 aliphatic carbocycles. The van der Waals surface area contributed by atoms with Gasteiger partial charge in [0.15, 0.2) is 0 Å². The van der Waals surface area contributed by atoms with E-state index in [0.717, 1.165) is 67.2 Å². The first kappa shape index (κ1) is 33.9. The van der Waals surface area contributed by atoms with Crippen molar-refractivity contribution in [3.05, 3.63) is 218 Å². The number of thiophene rings is 1. The third-order valence-electron chi connectivity index (χ3n) is 11.0. The molecule has 4 heteroatoms. The molecule has 0 atom stereocenters. The molecule has 11 aromatic rings. The number of furan rings is 1. The van der Waals surface area contributed by atoms with Gasteiger partial charge in [-0.1, -0.05) is 121 Å². The highest BCUT2D eigenvalue weighted by Crippen LogP contribution is 2.45. The Morgan fingerprint density at radius 2 is 0.793 bits per heavy atom. The molecule has 9 aromatic carbocycles. The van der Waals surface area contributed by atoms with E-state index < -0.39 is 0 Å². The monoisotopic (exact) mass is 760 g/mol. The number of nitrogens with zero attached hydrogens (tertiary/aromatic N) is 2. The van der Waals surface area contributed by atoms with Gasteiger partial charge in [0.1, 0.15) is 11.2 Å². The largest absolute Gasteiger partial charge is 0.456 e. The molecule has 11 rings (SSSR count). The first-order valence-electron chi connectivity index (χ1n) is 19.6. The maximum Gasteiger partial charge on any atom is 0.137 e. The summed E-state index contributed by atoms with van der Waals surface area (Å²) in [5.74, 6) is 0. The number of fused-ring (bicyclic) bond motifs is 6. The molecule has 0 N–H and O–H groups in total. The molecular weight excluding hydrogens is 725 g/mol. The predicted molar refractivity (Wildman–Crippen MR) is 247 cm³/mol. The topological polar surface area (TPSA) is 19.6 Å². The van der Waals surface area contributed by atoms with Gasteiger partial charge in [0.2, 0.25) is 0 Å². The van der Waals surface area contributed by atoms with Crippen molar-refractivity contribution in [1.82, 2.24) is 0 Å². The lowest BCUT2D eigenvalue weighted by molar-refractivity contribution is 0.669. The molecule has 0 fully saturated rings. The van der Waals surface area contributed by atoms with Gasteiger partial charge in [-0.3, -0.25) is 0 Å². The van der Waals surface area contributed by atoms with Crippen LogP contribution < -0.4 is 9.80 Å². The number of rotatable bonds is 8. The van der Waals surface area contributed by atoms with Crippen molar-refractivity contribution < 1.29 is 4.42 Å². The number of para-hydroxylation sites is 3. The Kier molecular flexibility index (Phi) is 8.34. The maximum atomic E-state index is 6.50. The van der Waals surface area contributed by atoms with Crippen molar-refractivity contribution in [3.63, 3.8) is 0 Å². The van der Waals surface area contributed by atoms with Gasteiger partial charge in [-0.15, -0.1) is 11.3 Å². The molecule has 2 heterocycles. The van der Waals surface area contributed by atoms with Gasteiger partial charge in [0, 0.05) is 71.1 Å². The molecule has 0 saturated heterocycles. The molecule has 0 aliphatic heterocycles. The summed E-state index contributed by atoms with van der Waals surface area (Å²) in [6.45, 7) is 0. The number of hydrogen-bond donors (Lipinski definition) is 0. The first-order chi connectivity index (χ1) is 28.7. The van der Waals surface area contributed by atoms with Crippen LogP contribution in [0, 0.1) is 0 Å². The quantitative estimate of drug-likeness (QED) is 0.154. The van der Waals surface area contributed by atoms with E-state index in [2.05, 4.69) is 216 Å². The highest BCUT2D eigenvalue weighted by atomic mass is 32.1. The Labute approximate surface area is 340 Å². The fraction of sp³-hybridized carbons (Fsp3) is 0. The predicted octanol–water partition coefficient (Wildman–Crippen LogP) is 16.2. The van der Waals surface area contributed by atoms with Crippen molar-refractivity contribution in [2.45, 2.75) is 0 Å². The van der Waals surface area contributed by atoms with Gasteiger partial charge >= 0.3 is 0 Å². The second-order valence-electron chi connectivity index (χ2n) is 14.6. The van der Waals surface area contributed by atoms with Crippen molar-refractivity contribution in [2.24, 2.45) is 0 Å². The smallest absolute Gasteiger partial charge is 0.137 e. The zero-order valence-corrected chi connectivity index (χ0v) is 32.3. The van der Waals surface area contributed by atoms with Gasteiger partial charge < -0.3 is 14.2 Å². The van der Waals surface area contributed by atoms with Crippen molar-refractivity contribution in [2.75, 3.05) is 9.80 Å². The van der Waals surface area contributed by atoms with Crippen LogP contribution in [-0.4, -0.2) is 0 Å². The maximum absolute atomic E-state index is 6.50. The van der Waals surface area contributed by atoms with E-state index in [1.807, 2.05) is 23.5 Å². The van der Waals surface area contributed by atoms with Gasteiger partial charge in [0.05, 0.1) is 0 Å². The summed E-state index contributed by atoms with van der Waals surface area (Å²) in [6, 6.07) is 78.2. The van der Waals surface area contributed by atoms with Crippen LogP contribution in [0.2, 0.25) is 0 Å². The van der Waals surface area contributed by atoms with E-state index in [1.54, 1.807) is 0 Å². The second-order valence-corrected chi connectivity index (χ2v) is 15.7. The lowest BCUT2D eigenvalue weighted by Crippen LogP contribution is -2.13. The fourth-order valence-electron chi connectivity index (χ4n) is 8.26. The van der Waals surface area contributed by atoms with E-state index in [4.69, 9.17) is 4.42 Å². The summed E-state index contributed by atoms with van der Waals surface area (Å²) in [7, 11) is 0. The average molecular weight is 761 g/mol. The molecule has 58 heavy (non-hydrogen) atoms. The van der Waals surface area contributed by atoms with Crippen molar-refractivity contribution >= 4 is 87.6 Å². The fourth-order valence-corrected chi connectivity index (χ4v) is 9.35. The van der Waals surface area contributed by atoms with Crippen LogP contribution in [-0.2, 0) is 0 Å². The lowest BCUT2D eigenvalue weighted by Gasteiger charge is -2.30. The lowest BCUT2D eigenvalue weighted by atomic mass is 9.99. The van der Waals surface area contributed by atoms with E-state index in [0.29, 0.717) is 0 Å². The standard InChI is InChI=1S/C54H36N2OS/c1-4-14-37(15-5-1)38-24-27-43(28-25-38)56(44-29-30-48-47-20-10-12-22-51(47)57-52(48)36-44)46-33-40(39-26-31-54-50(34-39)49-21-11-13-23-53(49)58-54)32-45(35-46)55(41-16-6-2-7-17-41)42-18-8-3-9-19-42/h1-36H. The zero-order valence-electron chi connectivity index (χ0n) is 31.5. The minimum atomic E-state index is 0.853. The Balaban J connectivity index is 1.16. The highest BCUT2D eigenvalue weighted by Gasteiger charge is 2.21. The molecule has 0 unspecified atom stereocenters. The van der Waals surface area contributed by atoms with Gasteiger partial charge in [0.25, 0.3) is 0 Å². The number of anilines is 6. The molecule has 274 valence electrons. The van der Waals surface area contributed by atoms with Crippen LogP contribution in [0.1, 0.15) is 0 Å². The molecule has 0 spiro atoms. The molecule has 0 amide bonds. The molecule has 0 aliphatic rings. The third kappa shape index (κ3) is 6.08. The second kappa shape index (κ2) is 14.3. The third-order valence-corrected chi connectivity index (χ3v) is 12.2. The summed E-state index contributed by atoms with van der Waals surface area (Å²) in [5.41, 5.74) is 12.7. The Morgan fingerprint density at radius 1 is 0.276 bits per heavy atom. The van der Waals surface area contributed by atoms with Crippen LogP contribution in [0.4, 0.5) is 34.1 Å². The van der Waals surface area contributed by atoms with Crippen LogP contribution in [0.25, 0.3) is 64.4 Å². The first-order valence-corrected chi connectivity index (χ1v) is 20.4. The van der Waals surface area contributed by atoms with Gasteiger partial charge in [-0.05, 0) is 113 Å². The summed E-state index contributed by atoms with van der Waals surface area (Å²) in [4.78, 5) is 4.71. The summed E-state index contributed by atoms with van der Waals surface area (Å²) >= 11 is 1.85. The van der Waals surface area contributed by atoms with E-state index in [9.17, 15) is 0 Å². The van der Waals surface area contributed by atoms with Crippen molar-refractivity contribution in [3.8, 4) is 22.3 Å². The summed E-state index contributed by atoms with van der Waals surface area (Å²) in [5, 5.41) is 4.78. The number of hydrogen-bond acceptors (Lipinski definition) is 4. The Bertz CT molecular complexity index is 3190. The molecule has 0 radical (unpaired) electrons. The number of benzene rings is 9. The summed E-state index contributed by atoms with van der Waals surface area (Å²) in [6.07, 6.45) is 0. The molecule has 3 nitrogen and oxygen atoms in total. The molecular formula is C54H36N2OS. The van der Waals surface area contributed by atoms with Gasteiger partial charge in [-0.25, -0.2) is 0 Å². The van der Waals surface area contributed by atoms with Gasteiger partial charge in [-0.2, -0.15) is 0 Å². The van der Waals surface area contributed by atoms with Crippen LogP contribution >= 0.6 is 11.3 Å². The van der Waals surface area contributed by atoms with Crippen molar-refractivity contribution in [1.29, 1.82) is 0 Å². The minimum Gasteiger partial charge on any atom is -0.456 e. The Morgan fingerprint density at radius 3 is 1.52 bits per heavy atom. The van der Waals surface area contributed by atoms with E-state index in [-0.39, 0.29) is 0 Å². The van der Waals surface area contributed by atoms with E-state index in [1.165, 1.54) is 31.3 Å². The SMILES string of the molecule is c1ccc(-c2ccc(N(c3cc(-c4ccc5sc6ccccc6c5c4)cc(N(c4ccccc4)c4ccccc4)c3)c3ccc4c(c3)oc3ccccc34)cc2)cc1. The van der Waals surface area contributed by atoms with Crippen LogP contribution in [0.3, 0.4) is 0 Å². The summed E-state index contributed by atoms with van der Waals surface area (Å²) < 4.78 is 9.09. The van der Waals surface area contributed by atoms with Crippen LogP contribution in [0.15, 0.2) is 223 Å². The highest BCUT2D eigenvalue weighted by molar-refractivity contribution is 7.25. The normalized spacial score (nSPS) is 11.4. The molecule has 2 aromatic heterocycles. The van der Waals surface area contributed by atoms with E-state index >= 15 is 0 Å². The zero-order chi connectivity index (χ0) is 38.4. The molecule has 0 saturated carbocycles. The van der Waals surface area contributed by atoms with Crippen LogP contribution in [0.5, 0.6) is 0 Å². The average Bonchev–Trinajstić information content (AvgIpc) is 3.86. The minimum absolute atomic E-state index is 0.853.